The van der Waals surface area contributed by atoms with Gasteiger partial charge in [-0.15, -0.1) is 0 Å². The van der Waals surface area contributed by atoms with Gasteiger partial charge in [0.1, 0.15) is 6.10 Å². The molecule has 23 heavy (non-hydrogen) atoms. The van der Waals surface area contributed by atoms with Crippen LogP contribution in [0.4, 0.5) is 0 Å². The summed E-state index contributed by atoms with van der Waals surface area (Å²) >= 11 is 0. The van der Waals surface area contributed by atoms with E-state index in [4.69, 9.17) is 0 Å². The molecule has 3 aliphatic rings. The molecule has 3 heteroatoms. The largest absolute Gasteiger partial charge is 0.396 e. The van der Waals surface area contributed by atoms with Gasteiger partial charge >= 0.3 is 0 Å². The molecule has 0 aliphatic heterocycles. The van der Waals surface area contributed by atoms with Crippen molar-refractivity contribution >= 4 is 0 Å². The van der Waals surface area contributed by atoms with E-state index in [-0.39, 0.29) is 23.9 Å². The Kier molecular flexibility index (Phi) is 4.50. The van der Waals surface area contributed by atoms with E-state index in [0.717, 1.165) is 31.3 Å². The van der Waals surface area contributed by atoms with Crippen LogP contribution in [0, 0.1) is 29.1 Å². The first-order chi connectivity index (χ1) is 10.8. The summed E-state index contributed by atoms with van der Waals surface area (Å²) in [6.45, 7) is 8.81. The van der Waals surface area contributed by atoms with Crippen LogP contribution in [-0.2, 0) is 0 Å². The minimum Gasteiger partial charge on any atom is -0.396 e. The van der Waals surface area contributed by atoms with Crippen LogP contribution in [0.1, 0.15) is 53.4 Å². The molecule has 0 spiro atoms. The van der Waals surface area contributed by atoms with Gasteiger partial charge in [0.15, 0.2) is 0 Å². The number of allylic oxidation sites excluding steroid dienone is 2. The zero-order chi connectivity index (χ0) is 16.9. The van der Waals surface area contributed by atoms with Gasteiger partial charge in [-0.3, -0.25) is 0 Å². The Hall–Kier alpha value is -0.640. The molecule has 0 bridgehead atoms. The molecule has 3 nitrogen and oxygen atoms in total. The summed E-state index contributed by atoms with van der Waals surface area (Å²) in [7, 11) is 0. The lowest BCUT2D eigenvalue weighted by atomic mass is 9.69. The number of hydrogen-bond acceptors (Lipinski definition) is 3. The molecule has 0 radical (unpaired) electrons. The molecule has 0 aromatic carbocycles. The number of rotatable bonds is 2. The zero-order valence-corrected chi connectivity index (χ0v) is 14.9. The molecule has 3 rings (SSSR count). The minimum atomic E-state index is -0.763. The first-order valence-electron chi connectivity index (χ1n) is 9.23. The van der Waals surface area contributed by atoms with Gasteiger partial charge in [0.2, 0.25) is 0 Å². The molecule has 6 atom stereocenters. The Morgan fingerprint density at radius 2 is 1.96 bits per heavy atom. The second-order valence-corrected chi connectivity index (χ2v) is 8.51. The maximum Gasteiger partial charge on any atom is 0.102 e. The molecule has 1 fully saturated rings. The third-order valence-corrected chi connectivity index (χ3v) is 6.80. The number of aliphatic hydroxyl groups is 3. The van der Waals surface area contributed by atoms with Gasteiger partial charge in [-0.05, 0) is 49.0 Å². The predicted octanol–water partition coefficient (Wildman–Crippen LogP) is 3.06. The van der Waals surface area contributed by atoms with E-state index in [1.54, 1.807) is 0 Å². The molecule has 130 valence electrons. The Morgan fingerprint density at radius 3 is 2.57 bits per heavy atom. The van der Waals surface area contributed by atoms with Crippen molar-refractivity contribution < 1.29 is 15.3 Å². The number of hydrogen-bond donors (Lipinski definition) is 3. The summed E-state index contributed by atoms with van der Waals surface area (Å²) in [4.78, 5) is 0. The van der Waals surface area contributed by atoms with Crippen molar-refractivity contribution in [3.8, 4) is 0 Å². The summed E-state index contributed by atoms with van der Waals surface area (Å²) < 4.78 is 0. The highest BCUT2D eigenvalue weighted by Gasteiger charge is 2.48. The van der Waals surface area contributed by atoms with E-state index >= 15 is 0 Å². The van der Waals surface area contributed by atoms with Crippen molar-refractivity contribution in [2.45, 2.75) is 65.6 Å². The van der Waals surface area contributed by atoms with Crippen LogP contribution in [0.25, 0.3) is 0 Å². The first kappa shape index (κ1) is 17.2. The maximum absolute atomic E-state index is 11.0. The standard InChI is InChI=1S/C20H32O3/c1-11(2)14-7-8-20(4)9-16-13(10-21)5-6-15(16)12(3)18(22)19(23)17(14)20/h9,11-13,15,18-19,21-23H,5-8,10H2,1-4H3/b16-9-/t12-,13-,15+,18-,19-,20-/m1/s1. The fraction of sp³-hybridized carbons (Fsp3) is 0.800. The highest BCUT2D eigenvalue weighted by molar-refractivity contribution is 5.40. The fourth-order valence-corrected chi connectivity index (χ4v) is 5.38. The molecule has 0 unspecified atom stereocenters. The average Bonchev–Trinajstić information content (AvgIpc) is 3.05. The summed E-state index contributed by atoms with van der Waals surface area (Å²) in [6, 6.07) is 0. The Balaban J connectivity index is 2.16. The lowest BCUT2D eigenvalue weighted by molar-refractivity contribution is -0.0146. The quantitative estimate of drug-likeness (QED) is 0.685. The van der Waals surface area contributed by atoms with Crippen LogP contribution in [-0.4, -0.2) is 34.1 Å². The molecule has 3 N–H and O–H groups in total. The fourth-order valence-electron chi connectivity index (χ4n) is 5.38. The van der Waals surface area contributed by atoms with Crippen molar-refractivity contribution in [2.75, 3.05) is 6.61 Å². The molecule has 3 aliphatic carbocycles. The summed E-state index contributed by atoms with van der Waals surface area (Å²) in [5.41, 5.74) is 3.53. The van der Waals surface area contributed by atoms with Crippen LogP contribution in [0.15, 0.2) is 22.8 Å². The highest BCUT2D eigenvalue weighted by atomic mass is 16.3. The van der Waals surface area contributed by atoms with Crippen molar-refractivity contribution in [3.05, 3.63) is 22.8 Å². The molecule has 0 amide bonds. The Bertz CT molecular complexity index is 533. The number of fused-ring (bicyclic) bond motifs is 2. The van der Waals surface area contributed by atoms with Gasteiger partial charge in [0, 0.05) is 17.9 Å². The molecule has 0 aromatic rings. The minimum absolute atomic E-state index is 0.0267. The monoisotopic (exact) mass is 320 g/mol. The summed E-state index contributed by atoms with van der Waals surface area (Å²) in [6.07, 6.45) is 4.88. The first-order valence-corrected chi connectivity index (χ1v) is 9.23. The third-order valence-electron chi connectivity index (χ3n) is 6.80. The van der Waals surface area contributed by atoms with Gasteiger partial charge < -0.3 is 15.3 Å². The molecule has 0 saturated heterocycles. The SMILES string of the molecule is CC(C)C1=C2[C@@H](O)[C@H](O)[C@H](C)[C@@H]3CC[C@H](CO)/C3=C/[C@@]2(C)CC1. The smallest absolute Gasteiger partial charge is 0.102 e. The van der Waals surface area contributed by atoms with Gasteiger partial charge in [-0.1, -0.05) is 44.9 Å². The van der Waals surface area contributed by atoms with E-state index in [1.165, 1.54) is 11.1 Å². The van der Waals surface area contributed by atoms with Crippen LogP contribution < -0.4 is 0 Å². The predicted molar refractivity (Wildman–Crippen MR) is 91.8 cm³/mol. The van der Waals surface area contributed by atoms with Gasteiger partial charge in [0.25, 0.3) is 0 Å². The molecule has 1 saturated carbocycles. The van der Waals surface area contributed by atoms with Crippen molar-refractivity contribution in [2.24, 2.45) is 29.1 Å². The third kappa shape index (κ3) is 2.61. The second-order valence-electron chi connectivity index (χ2n) is 8.51. The van der Waals surface area contributed by atoms with Crippen molar-refractivity contribution in [1.29, 1.82) is 0 Å². The molecular formula is C20H32O3. The van der Waals surface area contributed by atoms with E-state index in [1.807, 2.05) is 0 Å². The Labute approximate surface area is 140 Å². The molecule has 0 aromatic heterocycles. The summed E-state index contributed by atoms with van der Waals surface area (Å²) in [5.74, 6) is 0.943. The van der Waals surface area contributed by atoms with Gasteiger partial charge in [0.05, 0.1) is 6.10 Å². The topological polar surface area (TPSA) is 60.7 Å². The van der Waals surface area contributed by atoms with Crippen LogP contribution in [0.2, 0.25) is 0 Å². The zero-order valence-electron chi connectivity index (χ0n) is 14.9. The van der Waals surface area contributed by atoms with Gasteiger partial charge in [-0.25, -0.2) is 0 Å². The van der Waals surface area contributed by atoms with Crippen LogP contribution in [0.3, 0.4) is 0 Å². The average molecular weight is 320 g/mol. The van der Waals surface area contributed by atoms with E-state index in [2.05, 4.69) is 33.8 Å². The van der Waals surface area contributed by atoms with Gasteiger partial charge in [-0.2, -0.15) is 0 Å². The molecule has 0 heterocycles. The highest BCUT2D eigenvalue weighted by Crippen LogP contribution is 2.54. The van der Waals surface area contributed by atoms with Crippen molar-refractivity contribution in [1.82, 2.24) is 0 Å². The van der Waals surface area contributed by atoms with Crippen LogP contribution in [0.5, 0.6) is 0 Å². The van der Waals surface area contributed by atoms with Crippen LogP contribution >= 0.6 is 0 Å². The summed E-state index contributed by atoms with van der Waals surface area (Å²) in [5, 5.41) is 31.6. The second kappa shape index (κ2) is 6.02. The van der Waals surface area contributed by atoms with Crippen molar-refractivity contribution in [3.63, 3.8) is 0 Å². The lowest BCUT2D eigenvalue weighted by Crippen LogP contribution is -2.42. The van der Waals surface area contributed by atoms with E-state index < -0.39 is 12.2 Å². The number of aliphatic hydroxyl groups excluding tert-OH is 3. The normalized spacial score (nSPS) is 46.3. The van der Waals surface area contributed by atoms with E-state index in [9.17, 15) is 15.3 Å². The Morgan fingerprint density at radius 1 is 1.26 bits per heavy atom. The lowest BCUT2D eigenvalue weighted by Gasteiger charge is -2.40. The molecular weight excluding hydrogens is 288 g/mol. The van der Waals surface area contributed by atoms with E-state index in [0.29, 0.717) is 11.8 Å². The maximum atomic E-state index is 11.0.